The number of nitrogens with one attached hydrogen (secondary N) is 2. The molecule has 7 nitrogen and oxygen atoms in total. The zero-order valence-electron chi connectivity index (χ0n) is 17.9. The Balaban J connectivity index is 1.77. The molecule has 0 atom stereocenters. The Morgan fingerprint density at radius 3 is 2.19 bits per heavy atom. The van der Waals surface area contributed by atoms with Crippen LogP contribution in [0.4, 0.5) is 26.2 Å². The van der Waals surface area contributed by atoms with Crippen LogP contribution >= 0.6 is 0 Å². The number of urea groups is 1. The minimum atomic E-state index is -0.525. The molecule has 1 saturated heterocycles. The van der Waals surface area contributed by atoms with Crippen LogP contribution in [0.15, 0.2) is 41.2 Å². The van der Waals surface area contributed by atoms with Gasteiger partial charge in [0.1, 0.15) is 5.82 Å². The van der Waals surface area contributed by atoms with Crippen LogP contribution in [0.1, 0.15) is 33.1 Å². The number of amides is 2. The third kappa shape index (κ3) is 4.02. The Labute approximate surface area is 180 Å². The molecule has 2 amide bonds. The number of carbonyl (C=O) groups is 1. The summed E-state index contributed by atoms with van der Waals surface area (Å²) in [6, 6.07) is 9.38. The Kier molecular flexibility index (Phi) is 5.97. The summed E-state index contributed by atoms with van der Waals surface area (Å²) in [4.78, 5) is 27.8. The third-order valence-corrected chi connectivity index (χ3v) is 5.84. The van der Waals surface area contributed by atoms with E-state index in [0.717, 1.165) is 42.7 Å². The SMILES string of the molecule is CCn1c(=O)n(CC)c2cc(N3CCCCC3)c(NC(=O)Nc3ccccc3F)cc21. The van der Waals surface area contributed by atoms with Crippen LogP contribution < -0.4 is 21.2 Å². The number of piperidine rings is 1. The number of aromatic nitrogens is 2. The van der Waals surface area contributed by atoms with Crippen LogP contribution in [0.2, 0.25) is 0 Å². The van der Waals surface area contributed by atoms with Gasteiger partial charge in [-0.25, -0.2) is 14.0 Å². The van der Waals surface area contributed by atoms with Gasteiger partial charge in [0.25, 0.3) is 0 Å². The Bertz CT molecular complexity index is 1160. The molecule has 1 aliphatic heterocycles. The first kappa shape index (κ1) is 21.0. The molecule has 2 N–H and O–H groups in total. The molecule has 0 unspecified atom stereocenters. The molecule has 0 saturated carbocycles. The van der Waals surface area contributed by atoms with E-state index in [1.165, 1.54) is 18.6 Å². The highest BCUT2D eigenvalue weighted by molar-refractivity contribution is 6.04. The lowest BCUT2D eigenvalue weighted by Gasteiger charge is -2.30. The van der Waals surface area contributed by atoms with E-state index in [4.69, 9.17) is 0 Å². The van der Waals surface area contributed by atoms with Crippen molar-refractivity contribution in [2.45, 2.75) is 46.2 Å². The standard InChI is InChI=1S/C23H28FN5O2/c1-3-28-20-14-18(26-22(30)25-17-11-7-6-10-16(17)24)19(27-12-8-5-9-13-27)15-21(20)29(4-2)23(28)31/h6-7,10-11,14-15H,3-5,8-9,12-13H2,1-2H3,(H2,25,26,30). The highest BCUT2D eigenvalue weighted by Crippen LogP contribution is 2.33. The minimum Gasteiger partial charge on any atom is -0.370 e. The van der Waals surface area contributed by atoms with E-state index >= 15 is 0 Å². The number of rotatable bonds is 5. The van der Waals surface area contributed by atoms with Crippen LogP contribution in [0.25, 0.3) is 11.0 Å². The summed E-state index contributed by atoms with van der Waals surface area (Å²) in [5.74, 6) is -0.496. The normalized spacial score (nSPS) is 14.1. The summed E-state index contributed by atoms with van der Waals surface area (Å²) in [5, 5.41) is 5.47. The first-order chi connectivity index (χ1) is 15.0. The molecule has 31 heavy (non-hydrogen) atoms. The lowest BCUT2D eigenvalue weighted by atomic mass is 10.1. The van der Waals surface area contributed by atoms with E-state index in [9.17, 15) is 14.0 Å². The van der Waals surface area contributed by atoms with Crippen LogP contribution in [-0.2, 0) is 13.1 Å². The zero-order chi connectivity index (χ0) is 22.0. The highest BCUT2D eigenvalue weighted by atomic mass is 19.1. The van der Waals surface area contributed by atoms with Gasteiger partial charge in [0.2, 0.25) is 0 Å². The molecule has 4 rings (SSSR count). The number of benzene rings is 2. The lowest BCUT2D eigenvalue weighted by Crippen LogP contribution is -2.31. The quantitative estimate of drug-likeness (QED) is 0.627. The molecule has 164 valence electrons. The van der Waals surface area contributed by atoms with Gasteiger partial charge in [0, 0.05) is 26.2 Å². The van der Waals surface area contributed by atoms with Gasteiger partial charge in [0.15, 0.2) is 0 Å². The first-order valence-electron chi connectivity index (χ1n) is 10.9. The van der Waals surface area contributed by atoms with Crippen molar-refractivity contribution in [3.05, 3.63) is 52.7 Å². The van der Waals surface area contributed by atoms with Crippen molar-refractivity contribution in [3.63, 3.8) is 0 Å². The average molecular weight is 426 g/mol. The van der Waals surface area contributed by atoms with Crippen LogP contribution in [0.5, 0.6) is 0 Å². The second-order valence-electron chi connectivity index (χ2n) is 7.74. The fourth-order valence-electron chi connectivity index (χ4n) is 4.30. The molecule has 2 heterocycles. The lowest BCUT2D eigenvalue weighted by molar-refractivity contribution is 0.262. The number of anilines is 3. The van der Waals surface area contributed by atoms with Gasteiger partial charge in [-0.3, -0.25) is 9.13 Å². The number of carbonyl (C=O) groups excluding carboxylic acids is 1. The van der Waals surface area contributed by atoms with E-state index in [2.05, 4.69) is 15.5 Å². The minimum absolute atomic E-state index is 0.0578. The predicted molar refractivity (Wildman–Crippen MR) is 123 cm³/mol. The Morgan fingerprint density at radius 2 is 1.55 bits per heavy atom. The number of para-hydroxylation sites is 1. The summed E-state index contributed by atoms with van der Waals surface area (Å²) in [5.41, 5.74) is 3.18. The molecule has 8 heteroatoms. The molecule has 0 bridgehead atoms. The largest absolute Gasteiger partial charge is 0.370 e. The molecule has 0 spiro atoms. The fourth-order valence-corrected chi connectivity index (χ4v) is 4.30. The number of halogens is 1. The molecule has 2 aromatic carbocycles. The van der Waals surface area contributed by atoms with Gasteiger partial charge in [-0.1, -0.05) is 12.1 Å². The number of nitrogens with zero attached hydrogens (tertiary/aromatic N) is 3. The van der Waals surface area contributed by atoms with Gasteiger partial charge in [-0.2, -0.15) is 0 Å². The monoisotopic (exact) mass is 425 g/mol. The van der Waals surface area contributed by atoms with Gasteiger partial charge in [-0.05, 0) is 57.4 Å². The average Bonchev–Trinajstić information content (AvgIpc) is 3.04. The van der Waals surface area contributed by atoms with Crippen molar-refractivity contribution in [1.82, 2.24) is 9.13 Å². The predicted octanol–water partition coefficient (Wildman–Crippen LogP) is 4.62. The van der Waals surface area contributed by atoms with Crippen molar-refractivity contribution in [1.29, 1.82) is 0 Å². The highest BCUT2D eigenvalue weighted by Gasteiger charge is 2.21. The van der Waals surface area contributed by atoms with Crippen molar-refractivity contribution < 1.29 is 9.18 Å². The van der Waals surface area contributed by atoms with Crippen molar-refractivity contribution >= 4 is 34.1 Å². The van der Waals surface area contributed by atoms with E-state index < -0.39 is 11.8 Å². The van der Waals surface area contributed by atoms with Crippen LogP contribution in [0.3, 0.4) is 0 Å². The molecule has 1 aromatic heterocycles. The van der Waals surface area contributed by atoms with Crippen molar-refractivity contribution in [3.8, 4) is 0 Å². The van der Waals surface area contributed by atoms with Crippen molar-refractivity contribution in [2.24, 2.45) is 0 Å². The summed E-state index contributed by atoms with van der Waals surface area (Å²) < 4.78 is 17.4. The molecule has 3 aromatic rings. The number of aryl methyl sites for hydroxylation is 2. The molecule has 0 radical (unpaired) electrons. The Hall–Kier alpha value is -3.29. The van der Waals surface area contributed by atoms with E-state index in [0.29, 0.717) is 18.8 Å². The van der Waals surface area contributed by atoms with Crippen LogP contribution in [-0.4, -0.2) is 28.3 Å². The van der Waals surface area contributed by atoms with E-state index in [1.807, 2.05) is 26.0 Å². The zero-order valence-corrected chi connectivity index (χ0v) is 17.9. The van der Waals surface area contributed by atoms with Gasteiger partial charge >= 0.3 is 11.7 Å². The topological polar surface area (TPSA) is 71.3 Å². The molecule has 1 fully saturated rings. The summed E-state index contributed by atoms with van der Waals surface area (Å²) in [7, 11) is 0. The van der Waals surface area contributed by atoms with Gasteiger partial charge in [-0.15, -0.1) is 0 Å². The number of hydrogen-bond donors (Lipinski definition) is 2. The maximum absolute atomic E-state index is 14.0. The van der Waals surface area contributed by atoms with Gasteiger partial charge in [0.05, 0.1) is 28.1 Å². The first-order valence-corrected chi connectivity index (χ1v) is 10.9. The summed E-state index contributed by atoms with van der Waals surface area (Å²) in [6.45, 7) is 6.77. The number of imidazole rings is 1. The maximum Gasteiger partial charge on any atom is 0.329 e. The molecular weight excluding hydrogens is 397 g/mol. The van der Waals surface area contributed by atoms with E-state index in [-0.39, 0.29) is 11.4 Å². The second-order valence-corrected chi connectivity index (χ2v) is 7.74. The summed E-state index contributed by atoms with van der Waals surface area (Å²) in [6.07, 6.45) is 3.34. The molecule has 0 aliphatic carbocycles. The van der Waals surface area contributed by atoms with Crippen molar-refractivity contribution in [2.75, 3.05) is 28.6 Å². The fraction of sp³-hybridized carbons (Fsp3) is 0.391. The van der Waals surface area contributed by atoms with Gasteiger partial charge < -0.3 is 15.5 Å². The smallest absolute Gasteiger partial charge is 0.329 e. The van der Waals surface area contributed by atoms with E-state index in [1.54, 1.807) is 21.3 Å². The number of fused-ring (bicyclic) bond motifs is 1. The Morgan fingerprint density at radius 1 is 0.935 bits per heavy atom. The molecule has 1 aliphatic rings. The maximum atomic E-state index is 14.0. The number of hydrogen-bond acceptors (Lipinski definition) is 3. The summed E-state index contributed by atoms with van der Waals surface area (Å²) >= 11 is 0. The third-order valence-electron chi connectivity index (χ3n) is 5.84. The molecular formula is C23H28FN5O2. The second kappa shape index (κ2) is 8.83. The van der Waals surface area contributed by atoms with Crippen LogP contribution in [0, 0.1) is 5.82 Å².